The predicted octanol–water partition coefficient (Wildman–Crippen LogP) is 2.49. The molecule has 33 heavy (non-hydrogen) atoms. The van der Waals surface area contributed by atoms with Gasteiger partial charge in [0, 0.05) is 19.3 Å². The van der Waals surface area contributed by atoms with Crippen molar-refractivity contribution in [1.82, 2.24) is 15.3 Å². The number of rotatable bonds is 4. The van der Waals surface area contributed by atoms with Crippen LogP contribution in [0.15, 0.2) is 30.5 Å². The highest BCUT2D eigenvalue weighted by Crippen LogP contribution is 2.39. The van der Waals surface area contributed by atoms with Crippen molar-refractivity contribution in [3.63, 3.8) is 0 Å². The van der Waals surface area contributed by atoms with Gasteiger partial charge < -0.3 is 15.3 Å². The molecule has 2 aromatic rings. The number of nitrogens with one attached hydrogen (secondary N) is 2. The van der Waals surface area contributed by atoms with Gasteiger partial charge in [0.25, 0.3) is 5.91 Å². The lowest BCUT2D eigenvalue weighted by Crippen LogP contribution is -2.49. The Balaban J connectivity index is 1.62. The van der Waals surface area contributed by atoms with Crippen molar-refractivity contribution in [3.05, 3.63) is 41.7 Å². The van der Waals surface area contributed by atoms with E-state index >= 15 is 0 Å². The number of halogens is 3. The maximum absolute atomic E-state index is 13.1. The summed E-state index contributed by atoms with van der Waals surface area (Å²) in [6.07, 6.45) is -2.76. The van der Waals surface area contributed by atoms with Gasteiger partial charge in [-0.25, -0.2) is 19.6 Å². The largest absolute Gasteiger partial charge is 0.478 e. The molecule has 13 heteroatoms. The Morgan fingerprint density at radius 3 is 2.70 bits per heavy atom. The van der Waals surface area contributed by atoms with Crippen LogP contribution < -0.4 is 20.4 Å². The minimum absolute atomic E-state index is 0.00905. The lowest BCUT2D eigenvalue weighted by Gasteiger charge is -2.35. The first kappa shape index (κ1) is 22.3. The number of hydrogen-bond acceptors (Lipinski definition) is 6. The molecule has 3 N–H and O–H groups in total. The standard InChI is InChI=1S/C20H19F3N6O4/c1-10(20(21,22)23)25-17(30)13-2-3-14-16(26-13)29(12-5-7-28(14)9-12)19(33)27-15-8-11(18(31)32)4-6-24-15/h2-4,6,8,10,12H,5,7,9H2,1H3,(H,25,30)(H,31,32)(H,24,27,33)/t10?,12-/m0/s1. The number of carbonyl (C=O) groups is 3. The maximum Gasteiger partial charge on any atom is 0.408 e. The van der Waals surface area contributed by atoms with E-state index < -0.39 is 30.1 Å². The third-order valence-corrected chi connectivity index (χ3v) is 5.48. The van der Waals surface area contributed by atoms with Crippen LogP contribution in [0.4, 0.5) is 35.3 Å². The van der Waals surface area contributed by atoms with E-state index in [-0.39, 0.29) is 28.9 Å². The van der Waals surface area contributed by atoms with Gasteiger partial charge in [0.05, 0.1) is 17.3 Å². The van der Waals surface area contributed by atoms with E-state index in [2.05, 4.69) is 15.3 Å². The smallest absolute Gasteiger partial charge is 0.408 e. The normalized spacial score (nSPS) is 17.9. The lowest BCUT2D eigenvalue weighted by molar-refractivity contribution is -0.149. The lowest BCUT2D eigenvalue weighted by atomic mass is 10.1. The summed E-state index contributed by atoms with van der Waals surface area (Å²) in [5.74, 6) is -2.07. The van der Waals surface area contributed by atoms with Gasteiger partial charge in [-0.3, -0.25) is 15.0 Å². The molecule has 2 aliphatic rings. The van der Waals surface area contributed by atoms with Crippen LogP contribution in [-0.2, 0) is 0 Å². The summed E-state index contributed by atoms with van der Waals surface area (Å²) in [7, 11) is 0. The predicted molar refractivity (Wildman–Crippen MR) is 111 cm³/mol. The zero-order valence-corrected chi connectivity index (χ0v) is 17.3. The van der Waals surface area contributed by atoms with E-state index in [9.17, 15) is 27.6 Å². The molecule has 0 saturated carbocycles. The van der Waals surface area contributed by atoms with Crippen LogP contribution in [0.2, 0.25) is 0 Å². The van der Waals surface area contributed by atoms with Crippen molar-refractivity contribution in [3.8, 4) is 0 Å². The van der Waals surface area contributed by atoms with Crippen molar-refractivity contribution in [2.24, 2.45) is 0 Å². The minimum atomic E-state index is -4.61. The van der Waals surface area contributed by atoms with Crippen molar-refractivity contribution in [2.75, 3.05) is 28.2 Å². The van der Waals surface area contributed by atoms with Gasteiger partial charge in [0.2, 0.25) is 0 Å². The number of urea groups is 1. The van der Waals surface area contributed by atoms with Gasteiger partial charge in [0.1, 0.15) is 17.6 Å². The van der Waals surface area contributed by atoms with Crippen LogP contribution in [0.3, 0.4) is 0 Å². The Hall–Kier alpha value is -3.90. The van der Waals surface area contributed by atoms with Crippen molar-refractivity contribution in [1.29, 1.82) is 0 Å². The van der Waals surface area contributed by atoms with E-state index in [0.29, 0.717) is 25.2 Å². The average Bonchev–Trinajstić information content (AvgIpc) is 3.17. The number of carboxylic acids is 1. The summed E-state index contributed by atoms with van der Waals surface area (Å²) in [6.45, 7) is 1.97. The molecular formula is C20H19F3N6O4. The molecule has 2 bridgehead atoms. The highest BCUT2D eigenvalue weighted by molar-refractivity contribution is 6.05. The molecule has 0 radical (unpaired) electrons. The number of alkyl halides is 3. The first-order valence-corrected chi connectivity index (χ1v) is 9.97. The van der Waals surface area contributed by atoms with E-state index in [4.69, 9.17) is 5.11 Å². The molecule has 1 unspecified atom stereocenters. The molecule has 0 spiro atoms. The summed E-state index contributed by atoms with van der Waals surface area (Å²) < 4.78 is 38.5. The summed E-state index contributed by atoms with van der Waals surface area (Å²) in [5, 5.41) is 13.5. The van der Waals surface area contributed by atoms with Gasteiger partial charge in [-0.1, -0.05) is 0 Å². The SMILES string of the molecule is CC(NC(=O)c1ccc2c(n1)N(C(=O)Nc1cc(C(=O)O)ccn1)[C@H]1CCN2C1)C(F)(F)F. The topological polar surface area (TPSA) is 128 Å². The molecule has 1 saturated heterocycles. The number of carboxylic acid groups (broad SMARTS) is 1. The number of fused-ring (bicyclic) bond motifs is 4. The summed E-state index contributed by atoms with van der Waals surface area (Å²) in [4.78, 5) is 48.1. The summed E-state index contributed by atoms with van der Waals surface area (Å²) in [6, 6.07) is 2.31. The molecule has 2 atom stereocenters. The van der Waals surface area contributed by atoms with Crippen molar-refractivity contribution in [2.45, 2.75) is 31.6 Å². The number of pyridine rings is 2. The highest BCUT2D eigenvalue weighted by atomic mass is 19.4. The Labute approximate surface area is 185 Å². The second-order valence-corrected chi connectivity index (χ2v) is 7.70. The molecule has 10 nitrogen and oxygen atoms in total. The number of anilines is 3. The van der Waals surface area contributed by atoms with E-state index in [1.54, 1.807) is 6.07 Å². The third kappa shape index (κ3) is 4.38. The van der Waals surface area contributed by atoms with E-state index in [0.717, 1.165) is 6.92 Å². The van der Waals surface area contributed by atoms with E-state index in [1.165, 1.54) is 29.3 Å². The monoisotopic (exact) mass is 464 g/mol. The van der Waals surface area contributed by atoms with Crippen LogP contribution in [0.25, 0.3) is 0 Å². The van der Waals surface area contributed by atoms with Gasteiger partial charge in [-0.2, -0.15) is 13.2 Å². The Morgan fingerprint density at radius 2 is 2.00 bits per heavy atom. The molecule has 3 amide bonds. The van der Waals surface area contributed by atoms with Gasteiger partial charge in [-0.15, -0.1) is 0 Å². The first-order chi connectivity index (χ1) is 15.5. The van der Waals surface area contributed by atoms with Gasteiger partial charge in [-0.05, 0) is 37.6 Å². The second kappa shape index (κ2) is 8.22. The molecule has 0 aromatic carbocycles. The van der Waals surface area contributed by atoms with Crippen molar-refractivity contribution >= 4 is 35.2 Å². The van der Waals surface area contributed by atoms with Crippen LogP contribution in [0.5, 0.6) is 0 Å². The van der Waals surface area contributed by atoms with Crippen molar-refractivity contribution < 1.29 is 32.7 Å². The van der Waals surface area contributed by atoms with E-state index in [1.807, 2.05) is 10.2 Å². The molecule has 174 valence electrons. The van der Waals surface area contributed by atoms with Gasteiger partial charge in [0.15, 0.2) is 5.82 Å². The molecule has 2 aromatic heterocycles. The van der Waals surface area contributed by atoms with Crippen LogP contribution in [-0.4, -0.2) is 64.3 Å². The maximum atomic E-state index is 13.1. The van der Waals surface area contributed by atoms with Crippen LogP contribution in [0.1, 0.15) is 34.2 Å². The Morgan fingerprint density at radius 1 is 1.24 bits per heavy atom. The highest BCUT2D eigenvalue weighted by Gasteiger charge is 2.41. The summed E-state index contributed by atoms with van der Waals surface area (Å²) >= 11 is 0. The fourth-order valence-corrected chi connectivity index (χ4v) is 3.75. The third-order valence-electron chi connectivity index (χ3n) is 5.48. The zero-order chi connectivity index (χ0) is 23.9. The molecule has 4 heterocycles. The van der Waals surface area contributed by atoms with Gasteiger partial charge >= 0.3 is 18.2 Å². The quantitative estimate of drug-likeness (QED) is 0.634. The number of carbonyl (C=O) groups excluding carboxylic acids is 2. The number of amides is 3. The molecular weight excluding hydrogens is 445 g/mol. The fourth-order valence-electron chi connectivity index (χ4n) is 3.75. The number of nitrogens with zero attached hydrogens (tertiary/aromatic N) is 4. The van der Waals surface area contributed by atoms with Crippen LogP contribution >= 0.6 is 0 Å². The molecule has 1 fully saturated rings. The molecule has 0 aliphatic carbocycles. The first-order valence-electron chi connectivity index (χ1n) is 9.97. The Bertz CT molecular complexity index is 1130. The number of aromatic carboxylic acids is 1. The molecule has 2 aliphatic heterocycles. The zero-order valence-electron chi connectivity index (χ0n) is 17.3. The summed E-state index contributed by atoms with van der Waals surface area (Å²) in [5.41, 5.74) is 0.227. The number of aromatic nitrogens is 2. The minimum Gasteiger partial charge on any atom is -0.478 e. The van der Waals surface area contributed by atoms with Crippen LogP contribution in [0, 0.1) is 0 Å². The second-order valence-electron chi connectivity index (χ2n) is 7.70. The molecule has 4 rings (SSSR count). The number of hydrogen-bond donors (Lipinski definition) is 3. The Kier molecular flexibility index (Phi) is 5.56. The fraction of sp³-hybridized carbons (Fsp3) is 0.350. The average molecular weight is 464 g/mol.